The van der Waals surface area contributed by atoms with Gasteiger partial charge in [0.1, 0.15) is 0 Å². The molecule has 7 heteroatoms. The van der Waals surface area contributed by atoms with E-state index >= 15 is 0 Å². The summed E-state index contributed by atoms with van der Waals surface area (Å²) in [6.45, 7) is 3.01. The van der Waals surface area contributed by atoms with E-state index in [0.29, 0.717) is 18.1 Å². The van der Waals surface area contributed by atoms with Gasteiger partial charge in [-0.2, -0.15) is 4.31 Å². The molecule has 1 heterocycles. The highest BCUT2D eigenvalue weighted by Gasteiger charge is 2.33. The summed E-state index contributed by atoms with van der Waals surface area (Å²) in [5, 5.41) is 0.424. The molecule has 0 spiro atoms. The maximum Gasteiger partial charge on any atom is 0.243 e. The lowest BCUT2D eigenvalue weighted by Gasteiger charge is -2.36. The molecule has 3 aromatic carbocycles. The van der Waals surface area contributed by atoms with Crippen LogP contribution in [0.5, 0.6) is 0 Å². The minimum absolute atomic E-state index is 0.0159. The highest BCUT2D eigenvalue weighted by Crippen LogP contribution is 2.28. The van der Waals surface area contributed by atoms with Crippen LogP contribution in [0.25, 0.3) is 0 Å². The summed E-state index contributed by atoms with van der Waals surface area (Å²) in [4.78, 5) is 15.5. The molecule has 1 aliphatic heterocycles. The van der Waals surface area contributed by atoms with Crippen molar-refractivity contribution in [1.82, 2.24) is 9.21 Å². The van der Waals surface area contributed by atoms with Crippen LogP contribution in [0.1, 0.15) is 22.6 Å². The minimum Gasteiger partial charge on any atom is -0.339 e. The second-order valence-electron chi connectivity index (χ2n) is 7.89. The van der Waals surface area contributed by atoms with Gasteiger partial charge in [0.05, 0.1) is 10.8 Å². The number of hydrogen-bond acceptors (Lipinski definition) is 3. The van der Waals surface area contributed by atoms with Gasteiger partial charge in [-0.15, -0.1) is 0 Å². The average molecular weight is 469 g/mol. The maximum absolute atomic E-state index is 13.5. The van der Waals surface area contributed by atoms with Crippen molar-refractivity contribution in [2.24, 2.45) is 0 Å². The number of aryl methyl sites for hydroxylation is 1. The molecule has 1 aliphatic rings. The third-order valence-corrected chi connectivity index (χ3v) is 8.15. The molecular formula is C25H25ClN2O3S. The van der Waals surface area contributed by atoms with Crippen molar-refractivity contribution < 1.29 is 13.2 Å². The fraction of sp³-hybridized carbons (Fsp3) is 0.240. The van der Waals surface area contributed by atoms with Crippen LogP contribution in [-0.4, -0.2) is 49.7 Å². The Morgan fingerprint density at radius 2 is 1.38 bits per heavy atom. The van der Waals surface area contributed by atoms with Gasteiger partial charge in [0.25, 0.3) is 0 Å². The van der Waals surface area contributed by atoms with Crippen LogP contribution in [0.4, 0.5) is 0 Å². The van der Waals surface area contributed by atoms with E-state index < -0.39 is 15.9 Å². The first-order valence-electron chi connectivity index (χ1n) is 10.5. The Morgan fingerprint density at radius 1 is 0.844 bits per heavy atom. The van der Waals surface area contributed by atoms with Crippen molar-refractivity contribution in [3.63, 3.8) is 0 Å². The van der Waals surface area contributed by atoms with E-state index in [1.807, 2.05) is 67.6 Å². The molecule has 0 saturated carbocycles. The first-order chi connectivity index (χ1) is 15.4. The van der Waals surface area contributed by atoms with Crippen molar-refractivity contribution in [1.29, 1.82) is 0 Å². The topological polar surface area (TPSA) is 57.7 Å². The van der Waals surface area contributed by atoms with Crippen LogP contribution in [-0.2, 0) is 14.8 Å². The molecule has 166 valence electrons. The normalized spacial score (nSPS) is 15.2. The lowest BCUT2D eigenvalue weighted by atomic mass is 9.90. The third-order valence-electron chi connectivity index (χ3n) is 5.84. The summed E-state index contributed by atoms with van der Waals surface area (Å²) in [6.07, 6.45) is 0. The number of nitrogens with zero attached hydrogens (tertiary/aromatic N) is 2. The Morgan fingerprint density at radius 3 is 1.88 bits per heavy atom. The third kappa shape index (κ3) is 4.58. The molecule has 32 heavy (non-hydrogen) atoms. The Labute approximate surface area is 194 Å². The molecule has 0 aromatic heterocycles. The van der Waals surface area contributed by atoms with Crippen molar-refractivity contribution in [3.8, 4) is 0 Å². The SMILES string of the molecule is Cc1ccc(S(=O)(=O)N2CCN(C(=O)C(c3ccccc3)c3ccccc3)CC2)cc1Cl. The zero-order chi connectivity index (χ0) is 22.7. The second-order valence-corrected chi connectivity index (χ2v) is 10.2. The van der Waals surface area contributed by atoms with Crippen molar-refractivity contribution >= 4 is 27.5 Å². The van der Waals surface area contributed by atoms with Gasteiger partial charge in [0.2, 0.25) is 15.9 Å². The number of amides is 1. The first kappa shape index (κ1) is 22.5. The summed E-state index contributed by atoms with van der Waals surface area (Å²) >= 11 is 6.14. The molecule has 5 nitrogen and oxygen atoms in total. The second kappa shape index (κ2) is 9.45. The van der Waals surface area contributed by atoms with Crippen LogP contribution in [0, 0.1) is 6.92 Å². The average Bonchev–Trinajstić information content (AvgIpc) is 2.82. The Hall–Kier alpha value is -2.67. The monoisotopic (exact) mass is 468 g/mol. The molecule has 3 aromatic rings. The quantitative estimate of drug-likeness (QED) is 0.560. The number of piperazine rings is 1. The molecule has 0 aliphatic carbocycles. The van der Waals surface area contributed by atoms with Crippen LogP contribution in [0.2, 0.25) is 5.02 Å². The molecule has 4 rings (SSSR count). The summed E-state index contributed by atoms with van der Waals surface area (Å²) < 4.78 is 27.6. The number of hydrogen-bond donors (Lipinski definition) is 0. The van der Waals surface area contributed by atoms with Gasteiger partial charge in [-0.05, 0) is 35.7 Å². The standard InChI is InChI=1S/C25H25ClN2O3S/c1-19-12-13-22(18-23(19)26)32(30,31)28-16-14-27(15-17-28)25(29)24(20-8-4-2-5-9-20)21-10-6-3-7-11-21/h2-13,18,24H,14-17H2,1H3. The van der Waals surface area contributed by atoms with Gasteiger partial charge in [0.15, 0.2) is 0 Å². The molecule has 1 saturated heterocycles. The number of carbonyl (C=O) groups is 1. The minimum atomic E-state index is -3.66. The predicted octanol–water partition coefficient (Wildman–Crippen LogP) is 4.31. The first-order valence-corrected chi connectivity index (χ1v) is 12.3. The number of carbonyl (C=O) groups excluding carboxylic acids is 1. The number of rotatable bonds is 5. The van der Waals surface area contributed by atoms with Crippen LogP contribution in [0.15, 0.2) is 83.8 Å². The van der Waals surface area contributed by atoms with Gasteiger partial charge in [-0.3, -0.25) is 4.79 Å². The number of halogens is 1. The van der Waals surface area contributed by atoms with Crippen molar-refractivity contribution in [3.05, 3.63) is 101 Å². The van der Waals surface area contributed by atoms with E-state index in [1.54, 1.807) is 17.0 Å². The number of sulfonamides is 1. The van der Waals surface area contributed by atoms with Crippen LogP contribution >= 0.6 is 11.6 Å². The molecule has 1 amide bonds. The van der Waals surface area contributed by atoms with E-state index in [0.717, 1.165) is 16.7 Å². The molecule has 0 bridgehead atoms. The van der Waals surface area contributed by atoms with Crippen LogP contribution < -0.4 is 0 Å². The van der Waals surface area contributed by atoms with E-state index in [4.69, 9.17) is 11.6 Å². The fourth-order valence-electron chi connectivity index (χ4n) is 3.98. The summed E-state index contributed by atoms with van der Waals surface area (Å²) in [5.41, 5.74) is 2.68. The largest absolute Gasteiger partial charge is 0.339 e. The zero-order valence-corrected chi connectivity index (χ0v) is 19.4. The summed E-state index contributed by atoms with van der Waals surface area (Å²) in [6, 6.07) is 24.2. The van der Waals surface area contributed by atoms with Gasteiger partial charge >= 0.3 is 0 Å². The Kier molecular flexibility index (Phi) is 6.65. The fourth-order valence-corrected chi connectivity index (χ4v) is 5.68. The van der Waals surface area contributed by atoms with Crippen molar-refractivity contribution in [2.45, 2.75) is 17.7 Å². The molecule has 0 radical (unpaired) electrons. The van der Waals surface area contributed by atoms with Gasteiger partial charge in [-0.25, -0.2) is 8.42 Å². The smallest absolute Gasteiger partial charge is 0.243 e. The van der Waals surface area contributed by atoms with Gasteiger partial charge < -0.3 is 4.90 Å². The van der Waals surface area contributed by atoms with Gasteiger partial charge in [0, 0.05) is 31.2 Å². The zero-order valence-electron chi connectivity index (χ0n) is 17.8. The van der Waals surface area contributed by atoms with Gasteiger partial charge in [-0.1, -0.05) is 78.3 Å². The molecule has 1 fully saturated rings. The molecular weight excluding hydrogens is 444 g/mol. The Balaban J connectivity index is 1.52. The summed E-state index contributed by atoms with van der Waals surface area (Å²) in [5.74, 6) is -0.436. The number of benzene rings is 3. The maximum atomic E-state index is 13.5. The van der Waals surface area contributed by atoms with Crippen LogP contribution in [0.3, 0.4) is 0 Å². The van der Waals surface area contributed by atoms with E-state index in [9.17, 15) is 13.2 Å². The van der Waals surface area contributed by atoms with Crippen molar-refractivity contribution in [2.75, 3.05) is 26.2 Å². The predicted molar refractivity (Wildman–Crippen MR) is 126 cm³/mol. The molecule has 0 N–H and O–H groups in total. The van der Waals surface area contributed by atoms with E-state index in [-0.39, 0.29) is 23.9 Å². The van der Waals surface area contributed by atoms with E-state index in [1.165, 1.54) is 10.4 Å². The molecule has 0 atom stereocenters. The Bertz CT molecular complexity index is 1150. The van der Waals surface area contributed by atoms with E-state index in [2.05, 4.69) is 0 Å². The summed E-state index contributed by atoms with van der Waals surface area (Å²) in [7, 11) is -3.66. The highest BCUT2D eigenvalue weighted by atomic mass is 35.5. The molecule has 0 unspecified atom stereocenters. The lowest BCUT2D eigenvalue weighted by Crippen LogP contribution is -2.51. The lowest BCUT2D eigenvalue weighted by molar-refractivity contribution is -0.133. The highest BCUT2D eigenvalue weighted by molar-refractivity contribution is 7.89.